The summed E-state index contributed by atoms with van der Waals surface area (Å²) in [5.74, 6) is 1.54. The van der Waals surface area contributed by atoms with E-state index in [9.17, 15) is 9.46 Å². The molecule has 0 aliphatic rings. The maximum atomic E-state index is 12.0. The summed E-state index contributed by atoms with van der Waals surface area (Å²) < 4.78 is 18.2. The lowest BCUT2D eigenvalue weighted by Gasteiger charge is -2.44. The average molecular weight is 419 g/mol. The Labute approximate surface area is 177 Å². The van der Waals surface area contributed by atoms with E-state index < -0.39 is 13.9 Å². The molecule has 0 aromatic carbocycles. The van der Waals surface area contributed by atoms with Gasteiger partial charge in [0.2, 0.25) is 0 Å². The molecule has 0 aromatic rings. The normalized spacial score (nSPS) is 18.4. The van der Waals surface area contributed by atoms with Crippen LogP contribution in [0.3, 0.4) is 0 Å². The minimum absolute atomic E-state index is 0.375. The van der Waals surface area contributed by atoms with Crippen molar-refractivity contribution < 1.29 is 14.0 Å². The molecule has 4 atom stereocenters. The number of hydrogen-bond acceptors (Lipinski definition) is 2. The first-order valence-corrected chi connectivity index (χ1v) is 13.6. The zero-order valence-electron chi connectivity index (χ0n) is 19.9. The van der Waals surface area contributed by atoms with Crippen molar-refractivity contribution >= 4 is 8.25 Å². The van der Waals surface area contributed by atoms with Crippen LogP contribution in [0.4, 0.5) is 0 Å². The van der Waals surface area contributed by atoms with E-state index in [1.165, 1.54) is 51.4 Å². The second-order valence-corrected chi connectivity index (χ2v) is 9.66. The van der Waals surface area contributed by atoms with E-state index in [1.807, 2.05) is 0 Å². The highest BCUT2D eigenvalue weighted by Gasteiger charge is 2.42. The summed E-state index contributed by atoms with van der Waals surface area (Å²) in [5.41, 5.74) is -0.433. The van der Waals surface area contributed by atoms with Crippen molar-refractivity contribution in [3.63, 3.8) is 0 Å². The largest absolute Gasteiger partial charge is 0.326 e. The van der Waals surface area contributed by atoms with Gasteiger partial charge in [0, 0.05) is 0 Å². The minimum atomic E-state index is -2.97. The molecule has 0 heterocycles. The van der Waals surface area contributed by atoms with Gasteiger partial charge in [-0.25, -0.2) is 0 Å². The molecule has 0 aliphatic heterocycles. The smallest absolute Gasteiger partial charge is 0.317 e. The minimum Gasteiger partial charge on any atom is -0.326 e. The van der Waals surface area contributed by atoms with Crippen molar-refractivity contribution in [1.82, 2.24) is 0 Å². The third-order valence-electron chi connectivity index (χ3n) is 6.79. The van der Waals surface area contributed by atoms with Gasteiger partial charge in [-0.1, -0.05) is 112 Å². The quantitative estimate of drug-likeness (QED) is 0.214. The molecule has 3 nitrogen and oxygen atoms in total. The molecule has 1 N–H and O–H groups in total. The van der Waals surface area contributed by atoms with Crippen LogP contribution < -0.4 is 0 Å². The average Bonchev–Trinajstić information content (AvgIpc) is 2.68. The van der Waals surface area contributed by atoms with Gasteiger partial charge < -0.3 is 9.42 Å². The summed E-state index contributed by atoms with van der Waals surface area (Å²) in [4.78, 5) is 9.91. The fourth-order valence-corrected chi connectivity index (χ4v) is 5.59. The van der Waals surface area contributed by atoms with Crippen molar-refractivity contribution in [3.05, 3.63) is 0 Å². The number of unbranched alkanes of at least 4 members (excludes halogenated alkanes) is 3. The Bertz CT molecular complexity index is 368. The molecular formula is C24H51O3P. The molecule has 4 unspecified atom stereocenters. The lowest BCUT2D eigenvalue weighted by Crippen LogP contribution is -2.43. The topological polar surface area (TPSA) is 46.5 Å². The van der Waals surface area contributed by atoms with Crippen LogP contribution in [0.2, 0.25) is 0 Å². The van der Waals surface area contributed by atoms with Gasteiger partial charge in [0.15, 0.2) is 0 Å². The van der Waals surface area contributed by atoms with Gasteiger partial charge in [0.25, 0.3) is 0 Å². The third-order valence-corrected chi connectivity index (χ3v) is 7.37. The van der Waals surface area contributed by atoms with Crippen LogP contribution in [0, 0.1) is 17.8 Å². The van der Waals surface area contributed by atoms with E-state index in [0.29, 0.717) is 17.8 Å². The zero-order valence-corrected chi connectivity index (χ0v) is 20.9. The van der Waals surface area contributed by atoms with E-state index >= 15 is 0 Å². The van der Waals surface area contributed by atoms with Crippen molar-refractivity contribution in [1.29, 1.82) is 0 Å². The summed E-state index contributed by atoms with van der Waals surface area (Å²) >= 11 is 0. The number of rotatable bonds is 19. The summed E-state index contributed by atoms with van der Waals surface area (Å²) in [5, 5.41) is 0. The fourth-order valence-electron chi connectivity index (χ4n) is 4.91. The van der Waals surface area contributed by atoms with E-state index in [2.05, 4.69) is 41.5 Å². The second-order valence-electron chi connectivity index (χ2n) is 8.92. The fraction of sp³-hybridized carbons (Fsp3) is 1.00. The van der Waals surface area contributed by atoms with E-state index in [1.54, 1.807) is 0 Å². The van der Waals surface area contributed by atoms with Gasteiger partial charge >= 0.3 is 8.25 Å². The standard InChI is InChI=1S/C24H51O3P/c1-7-13-16-21(10-4)19-24(27-28(25)26,23(12-6)18-15-9-3)20-22(11-5)17-14-8-2/h21-23,28H,7-20H2,1-6H3,(H,25,26). The van der Waals surface area contributed by atoms with Crippen LogP contribution in [-0.2, 0) is 9.09 Å². The van der Waals surface area contributed by atoms with E-state index in [0.717, 1.165) is 38.5 Å². The highest BCUT2D eigenvalue weighted by atomic mass is 31.1. The molecule has 0 aliphatic carbocycles. The van der Waals surface area contributed by atoms with Crippen LogP contribution in [0.25, 0.3) is 0 Å². The molecule has 0 saturated carbocycles. The molecule has 0 rings (SSSR count). The Morgan fingerprint density at radius 3 is 1.50 bits per heavy atom. The molecular weight excluding hydrogens is 367 g/mol. The molecule has 0 fully saturated rings. The molecule has 4 heteroatoms. The first-order valence-electron chi connectivity index (χ1n) is 12.3. The molecule has 0 saturated heterocycles. The predicted octanol–water partition coefficient (Wildman–Crippen LogP) is 8.55. The Hall–Kier alpha value is 0.150. The lowest BCUT2D eigenvalue weighted by molar-refractivity contribution is -0.0440. The summed E-state index contributed by atoms with van der Waals surface area (Å²) in [6.45, 7) is 13.5. The second kappa shape index (κ2) is 16.9. The maximum Gasteiger partial charge on any atom is 0.317 e. The van der Waals surface area contributed by atoms with Crippen molar-refractivity contribution in [2.45, 2.75) is 137 Å². The zero-order chi connectivity index (χ0) is 21.4. The summed E-state index contributed by atoms with van der Waals surface area (Å²) in [7, 11) is -2.97. The Morgan fingerprint density at radius 2 is 1.18 bits per heavy atom. The Morgan fingerprint density at radius 1 is 0.750 bits per heavy atom. The maximum absolute atomic E-state index is 12.0. The highest BCUT2D eigenvalue weighted by molar-refractivity contribution is 7.32. The first-order chi connectivity index (χ1) is 13.4. The summed E-state index contributed by atoms with van der Waals surface area (Å²) in [6.07, 6.45) is 16.0. The van der Waals surface area contributed by atoms with Gasteiger partial charge in [0.05, 0.1) is 5.60 Å². The van der Waals surface area contributed by atoms with Crippen LogP contribution in [-0.4, -0.2) is 10.5 Å². The van der Waals surface area contributed by atoms with E-state index in [4.69, 9.17) is 4.52 Å². The monoisotopic (exact) mass is 418 g/mol. The predicted molar refractivity (Wildman–Crippen MR) is 124 cm³/mol. The molecule has 170 valence electrons. The number of hydrogen-bond donors (Lipinski definition) is 1. The van der Waals surface area contributed by atoms with Crippen molar-refractivity contribution in [2.24, 2.45) is 17.8 Å². The van der Waals surface area contributed by atoms with Gasteiger partial charge in [-0.2, -0.15) is 0 Å². The van der Waals surface area contributed by atoms with Gasteiger partial charge in [-0.3, -0.25) is 4.57 Å². The first kappa shape index (κ1) is 28.1. The van der Waals surface area contributed by atoms with Gasteiger partial charge in [-0.15, -0.1) is 0 Å². The van der Waals surface area contributed by atoms with Crippen LogP contribution in [0.5, 0.6) is 0 Å². The van der Waals surface area contributed by atoms with Crippen molar-refractivity contribution in [3.8, 4) is 0 Å². The van der Waals surface area contributed by atoms with Crippen LogP contribution >= 0.6 is 8.25 Å². The van der Waals surface area contributed by atoms with E-state index in [-0.39, 0.29) is 0 Å². The molecule has 0 spiro atoms. The molecule has 0 radical (unpaired) electrons. The van der Waals surface area contributed by atoms with Gasteiger partial charge in [-0.05, 0) is 37.0 Å². The molecule has 28 heavy (non-hydrogen) atoms. The SMILES string of the molecule is CCCCC(CC)CC(CC(CC)CCCC)(O[PH](=O)O)C(CC)CCCC. The Kier molecular flexibility index (Phi) is 17.0. The lowest BCUT2D eigenvalue weighted by atomic mass is 9.70. The Balaban J connectivity index is 5.83. The van der Waals surface area contributed by atoms with Crippen LogP contribution in [0.1, 0.15) is 131 Å². The molecule has 0 amide bonds. The summed E-state index contributed by atoms with van der Waals surface area (Å²) in [6, 6.07) is 0. The van der Waals surface area contributed by atoms with Gasteiger partial charge in [0.1, 0.15) is 0 Å². The third kappa shape index (κ3) is 10.8. The molecule has 0 bridgehead atoms. The highest BCUT2D eigenvalue weighted by Crippen LogP contribution is 2.47. The molecule has 0 aromatic heterocycles. The van der Waals surface area contributed by atoms with Crippen molar-refractivity contribution in [2.75, 3.05) is 0 Å². The van der Waals surface area contributed by atoms with Crippen LogP contribution in [0.15, 0.2) is 0 Å².